The van der Waals surface area contributed by atoms with Gasteiger partial charge in [-0.15, -0.1) is 0 Å². The van der Waals surface area contributed by atoms with Gasteiger partial charge in [0, 0.05) is 11.8 Å². The van der Waals surface area contributed by atoms with Gasteiger partial charge in [-0.05, 0) is 24.2 Å². The van der Waals surface area contributed by atoms with E-state index in [1.807, 2.05) is 6.92 Å². The van der Waals surface area contributed by atoms with E-state index >= 15 is 0 Å². The Kier molecular flexibility index (Phi) is 1.33. The smallest absolute Gasteiger partial charge is 0.168 e. The van der Waals surface area contributed by atoms with Gasteiger partial charge in [-0.1, -0.05) is 20.8 Å². The van der Waals surface area contributed by atoms with E-state index in [-0.39, 0.29) is 10.8 Å². The first-order chi connectivity index (χ1) is 5.31. The summed E-state index contributed by atoms with van der Waals surface area (Å²) < 4.78 is 0. The summed E-state index contributed by atoms with van der Waals surface area (Å²) in [5.74, 6) is -0.920. The Balaban J connectivity index is 2.47. The second-order valence-electron chi connectivity index (χ2n) is 5.31. The molecule has 0 aliphatic heterocycles. The highest BCUT2D eigenvalue weighted by Gasteiger charge is 2.68. The molecule has 2 nitrogen and oxygen atoms in total. The summed E-state index contributed by atoms with van der Waals surface area (Å²) in [5, 5.41) is 19.7. The molecular weight excluding hydrogens is 152 g/mol. The fourth-order valence-corrected chi connectivity index (χ4v) is 3.24. The molecule has 2 saturated carbocycles. The van der Waals surface area contributed by atoms with E-state index in [9.17, 15) is 10.2 Å². The molecule has 2 N–H and O–H groups in total. The summed E-state index contributed by atoms with van der Waals surface area (Å²) in [6.07, 6.45) is 2.68. The van der Waals surface area contributed by atoms with Crippen LogP contribution in [0.4, 0.5) is 0 Å². The summed E-state index contributed by atoms with van der Waals surface area (Å²) >= 11 is 0. The number of fused-ring (bicyclic) bond motifs is 2. The second-order valence-corrected chi connectivity index (χ2v) is 5.31. The van der Waals surface area contributed by atoms with Gasteiger partial charge in [-0.25, -0.2) is 0 Å². The van der Waals surface area contributed by atoms with Crippen molar-refractivity contribution < 1.29 is 10.2 Å². The summed E-state index contributed by atoms with van der Waals surface area (Å²) in [7, 11) is 0. The quantitative estimate of drug-likeness (QED) is 0.541. The molecule has 2 atom stereocenters. The molecule has 70 valence electrons. The topological polar surface area (TPSA) is 40.5 Å². The molecule has 0 aromatic rings. The molecule has 0 amide bonds. The van der Waals surface area contributed by atoms with Crippen molar-refractivity contribution in [3.05, 3.63) is 0 Å². The SMILES string of the molecule is CC1(C)[C@H]2CC[C@]1(C)C(O)(O)C2. The highest BCUT2D eigenvalue weighted by molar-refractivity contribution is 5.13. The van der Waals surface area contributed by atoms with Crippen LogP contribution in [0.15, 0.2) is 0 Å². The summed E-state index contributed by atoms with van der Waals surface area (Å²) in [5.41, 5.74) is -0.193. The van der Waals surface area contributed by atoms with Crippen LogP contribution in [0.2, 0.25) is 0 Å². The average molecular weight is 170 g/mol. The zero-order chi connectivity index (χ0) is 9.20. The van der Waals surface area contributed by atoms with Crippen LogP contribution in [0, 0.1) is 16.7 Å². The van der Waals surface area contributed by atoms with Crippen molar-refractivity contribution in [1.82, 2.24) is 0 Å². The van der Waals surface area contributed by atoms with E-state index in [1.165, 1.54) is 0 Å². The first kappa shape index (κ1) is 8.52. The fourth-order valence-electron chi connectivity index (χ4n) is 3.24. The molecule has 2 bridgehead atoms. The Morgan fingerprint density at radius 2 is 1.75 bits per heavy atom. The highest BCUT2D eigenvalue weighted by Crippen LogP contribution is 2.68. The van der Waals surface area contributed by atoms with Crippen LogP contribution in [-0.4, -0.2) is 16.0 Å². The van der Waals surface area contributed by atoms with Crippen molar-refractivity contribution in [2.24, 2.45) is 16.7 Å². The van der Waals surface area contributed by atoms with Crippen molar-refractivity contribution in [1.29, 1.82) is 0 Å². The van der Waals surface area contributed by atoms with Gasteiger partial charge in [-0.3, -0.25) is 0 Å². The second kappa shape index (κ2) is 1.88. The van der Waals surface area contributed by atoms with E-state index in [1.54, 1.807) is 0 Å². The molecule has 2 fully saturated rings. The minimum atomic E-state index is -1.42. The lowest BCUT2D eigenvalue weighted by Gasteiger charge is -2.41. The van der Waals surface area contributed by atoms with Gasteiger partial charge in [0.15, 0.2) is 5.79 Å². The summed E-state index contributed by atoms with van der Waals surface area (Å²) in [6.45, 7) is 6.34. The van der Waals surface area contributed by atoms with Crippen LogP contribution in [0.5, 0.6) is 0 Å². The van der Waals surface area contributed by atoms with Crippen LogP contribution in [0.1, 0.15) is 40.0 Å². The lowest BCUT2D eigenvalue weighted by Crippen LogP contribution is -2.46. The van der Waals surface area contributed by atoms with Gasteiger partial charge in [0.05, 0.1) is 0 Å². The third kappa shape index (κ3) is 0.647. The third-order valence-corrected chi connectivity index (χ3v) is 4.85. The molecule has 12 heavy (non-hydrogen) atoms. The molecule has 0 unspecified atom stereocenters. The van der Waals surface area contributed by atoms with Crippen LogP contribution in [0.3, 0.4) is 0 Å². The molecule has 0 aromatic carbocycles. The number of rotatable bonds is 0. The molecule has 0 aromatic heterocycles. The first-order valence-electron chi connectivity index (χ1n) is 4.76. The van der Waals surface area contributed by atoms with Gasteiger partial charge in [0.2, 0.25) is 0 Å². The van der Waals surface area contributed by atoms with Crippen LogP contribution in [0.25, 0.3) is 0 Å². The standard InChI is InChI=1S/C10H18O2/c1-8(2)7-4-5-9(8,3)10(11,12)6-7/h7,11-12H,4-6H2,1-3H3/t7-,9-/m0/s1. The van der Waals surface area contributed by atoms with Crippen LogP contribution in [-0.2, 0) is 0 Å². The minimum Gasteiger partial charge on any atom is -0.365 e. The maximum absolute atomic E-state index is 9.84. The first-order valence-corrected chi connectivity index (χ1v) is 4.76. The van der Waals surface area contributed by atoms with Gasteiger partial charge in [0.1, 0.15) is 0 Å². The fraction of sp³-hybridized carbons (Fsp3) is 1.00. The Bertz CT molecular complexity index is 220. The van der Waals surface area contributed by atoms with Crippen molar-refractivity contribution in [2.75, 3.05) is 0 Å². The monoisotopic (exact) mass is 170 g/mol. The molecule has 0 saturated heterocycles. The highest BCUT2D eigenvalue weighted by atomic mass is 16.5. The zero-order valence-electron chi connectivity index (χ0n) is 8.09. The van der Waals surface area contributed by atoms with Crippen LogP contribution < -0.4 is 0 Å². The Morgan fingerprint density at radius 1 is 1.17 bits per heavy atom. The molecule has 0 radical (unpaired) electrons. The lowest BCUT2D eigenvalue weighted by molar-refractivity contribution is -0.241. The van der Waals surface area contributed by atoms with Crippen molar-refractivity contribution >= 4 is 0 Å². The van der Waals surface area contributed by atoms with Gasteiger partial charge in [-0.2, -0.15) is 0 Å². The largest absolute Gasteiger partial charge is 0.365 e. The summed E-state index contributed by atoms with van der Waals surface area (Å²) in [4.78, 5) is 0. The Hall–Kier alpha value is -0.0800. The average Bonchev–Trinajstić information content (AvgIpc) is 2.18. The van der Waals surface area contributed by atoms with Gasteiger partial charge < -0.3 is 10.2 Å². The van der Waals surface area contributed by atoms with E-state index in [0.717, 1.165) is 12.8 Å². The predicted molar refractivity (Wildman–Crippen MR) is 46.4 cm³/mol. The Morgan fingerprint density at radius 3 is 1.92 bits per heavy atom. The molecule has 2 heteroatoms. The number of hydrogen-bond acceptors (Lipinski definition) is 2. The molecule has 2 aliphatic rings. The maximum Gasteiger partial charge on any atom is 0.168 e. The normalized spacial score (nSPS) is 48.2. The van der Waals surface area contributed by atoms with Gasteiger partial charge >= 0.3 is 0 Å². The van der Waals surface area contributed by atoms with E-state index in [0.29, 0.717) is 12.3 Å². The lowest BCUT2D eigenvalue weighted by atomic mass is 9.68. The number of hydrogen-bond donors (Lipinski definition) is 2. The zero-order valence-corrected chi connectivity index (χ0v) is 8.09. The maximum atomic E-state index is 9.84. The van der Waals surface area contributed by atoms with Gasteiger partial charge in [0.25, 0.3) is 0 Å². The molecule has 0 heterocycles. The molecule has 0 spiro atoms. The predicted octanol–water partition coefficient (Wildman–Crippen LogP) is 1.51. The van der Waals surface area contributed by atoms with E-state index in [2.05, 4.69) is 13.8 Å². The van der Waals surface area contributed by atoms with Crippen molar-refractivity contribution in [3.8, 4) is 0 Å². The van der Waals surface area contributed by atoms with Crippen LogP contribution >= 0.6 is 0 Å². The number of aliphatic hydroxyl groups is 2. The third-order valence-electron chi connectivity index (χ3n) is 4.85. The molecule has 2 rings (SSSR count). The summed E-state index contributed by atoms with van der Waals surface area (Å²) in [6, 6.07) is 0. The minimum absolute atomic E-state index is 0.0938. The van der Waals surface area contributed by atoms with Crippen molar-refractivity contribution in [2.45, 2.75) is 45.8 Å². The Labute approximate surface area is 73.6 Å². The molecular formula is C10H18O2. The van der Waals surface area contributed by atoms with E-state index in [4.69, 9.17) is 0 Å². The van der Waals surface area contributed by atoms with Crippen molar-refractivity contribution in [3.63, 3.8) is 0 Å². The van der Waals surface area contributed by atoms with E-state index < -0.39 is 5.79 Å². The molecule has 2 aliphatic carbocycles.